The highest BCUT2D eigenvalue weighted by molar-refractivity contribution is 7.14. The van der Waals surface area contributed by atoms with E-state index in [-0.39, 0.29) is 23.6 Å². The number of H-pyrrole nitrogens is 2. The Kier molecular flexibility index (Phi) is 4.25. The van der Waals surface area contributed by atoms with Crippen molar-refractivity contribution in [2.45, 2.75) is 6.54 Å². The summed E-state index contributed by atoms with van der Waals surface area (Å²) in [7, 11) is 0. The first-order valence-electron chi connectivity index (χ1n) is 8.99. The quantitative estimate of drug-likeness (QED) is 0.413. The van der Waals surface area contributed by atoms with Crippen molar-refractivity contribution < 1.29 is 4.79 Å². The van der Waals surface area contributed by atoms with Crippen molar-refractivity contribution in [1.82, 2.24) is 24.5 Å². The van der Waals surface area contributed by atoms with E-state index in [0.717, 1.165) is 22.0 Å². The summed E-state index contributed by atoms with van der Waals surface area (Å²) < 4.78 is 1.40. The van der Waals surface area contributed by atoms with Crippen LogP contribution >= 0.6 is 11.3 Å². The fourth-order valence-corrected chi connectivity index (χ4v) is 4.04. The van der Waals surface area contributed by atoms with Gasteiger partial charge in [-0.05, 0) is 10.8 Å². The second kappa shape index (κ2) is 7.08. The Morgan fingerprint density at radius 2 is 1.93 bits per heavy atom. The maximum Gasteiger partial charge on any atom is 0.327 e. The summed E-state index contributed by atoms with van der Waals surface area (Å²) in [5.74, 6) is -0.353. The number of fused-ring (bicyclic) bond motifs is 2. The highest BCUT2D eigenvalue weighted by atomic mass is 32.1. The number of benzene rings is 2. The number of thiazole rings is 1. The van der Waals surface area contributed by atoms with Gasteiger partial charge in [-0.25, -0.2) is 14.8 Å². The molecule has 0 spiro atoms. The Morgan fingerprint density at radius 3 is 2.83 bits per heavy atom. The molecule has 2 aromatic carbocycles. The largest absolute Gasteiger partial charge is 0.327 e. The van der Waals surface area contributed by atoms with Gasteiger partial charge in [0.15, 0.2) is 10.6 Å². The predicted octanol–water partition coefficient (Wildman–Crippen LogP) is 2.33. The topological polar surface area (TPSA) is 126 Å². The minimum absolute atomic E-state index is 0.0647. The van der Waals surface area contributed by atoms with Crippen LogP contribution in [0.3, 0.4) is 0 Å². The number of aromatic nitrogens is 5. The smallest absolute Gasteiger partial charge is 0.307 e. The molecule has 3 heterocycles. The fraction of sp³-hybridized carbons (Fsp3) is 0.0500. The summed E-state index contributed by atoms with van der Waals surface area (Å²) in [5, 5.41) is 7.30. The van der Waals surface area contributed by atoms with Crippen molar-refractivity contribution in [2.75, 3.05) is 5.32 Å². The monoisotopic (exact) mass is 418 g/mol. The summed E-state index contributed by atoms with van der Waals surface area (Å²) in [4.78, 5) is 48.8. The van der Waals surface area contributed by atoms with Gasteiger partial charge in [0.2, 0.25) is 5.91 Å². The van der Waals surface area contributed by atoms with Crippen LogP contribution in [0.15, 0.2) is 63.8 Å². The van der Waals surface area contributed by atoms with Gasteiger partial charge < -0.3 is 9.88 Å². The number of hydrogen-bond donors (Lipinski definition) is 3. The van der Waals surface area contributed by atoms with Gasteiger partial charge in [-0.3, -0.25) is 19.6 Å². The number of carbonyl (C=O) groups is 1. The number of aromatic amines is 2. The molecule has 0 unspecified atom stereocenters. The molecule has 3 aromatic heterocycles. The van der Waals surface area contributed by atoms with E-state index in [1.807, 2.05) is 47.8 Å². The molecule has 0 aliphatic heterocycles. The molecule has 0 aliphatic rings. The number of carbonyl (C=O) groups excluding carboxylic acids is 1. The number of hydrogen-bond acceptors (Lipinski definition) is 6. The van der Waals surface area contributed by atoms with E-state index >= 15 is 0 Å². The standard InChI is InChI=1S/C20H14N6O3S/c27-15(8-26-10-21-16-17(26)24-19(29)25-18(16)28)23-20-22-14(9-30-20)13-7-3-5-11-4-1-2-6-12(11)13/h1-7,9-10H,8H2,(H,22,23,27)(H2,24,25,28,29). The normalized spacial score (nSPS) is 11.2. The van der Waals surface area contributed by atoms with Crippen molar-refractivity contribution in [3.63, 3.8) is 0 Å². The summed E-state index contributed by atoms with van der Waals surface area (Å²) in [5.41, 5.74) is 0.754. The molecule has 1 amide bonds. The van der Waals surface area contributed by atoms with Crippen LogP contribution in [0.4, 0.5) is 5.13 Å². The number of imidazole rings is 1. The maximum atomic E-state index is 12.5. The molecule has 0 saturated heterocycles. The molecule has 10 heteroatoms. The van der Waals surface area contributed by atoms with E-state index in [1.165, 1.54) is 22.2 Å². The lowest BCUT2D eigenvalue weighted by molar-refractivity contribution is -0.116. The molecule has 3 N–H and O–H groups in total. The number of amides is 1. The van der Waals surface area contributed by atoms with Crippen LogP contribution in [0.25, 0.3) is 33.2 Å². The van der Waals surface area contributed by atoms with Gasteiger partial charge in [-0.2, -0.15) is 0 Å². The molecular formula is C20H14N6O3S. The maximum absolute atomic E-state index is 12.5. The summed E-state index contributed by atoms with van der Waals surface area (Å²) >= 11 is 1.32. The molecule has 5 rings (SSSR count). The van der Waals surface area contributed by atoms with Crippen LogP contribution in [0.1, 0.15) is 0 Å². The second-order valence-electron chi connectivity index (χ2n) is 6.59. The minimum Gasteiger partial charge on any atom is -0.307 e. The van der Waals surface area contributed by atoms with Crippen molar-refractivity contribution in [1.29, 1.82) is 0 Å². The van der Waals surface area contributed by atoms with E-state index in [9.17, 15) is 14.4 Å². The van der Waals surface area contributed by atoms with Crippen molar-refractivity contribution in [3.8, 4) is 11.3 Å². The van der Waals surface area contributed by atoms with Crippen LogP contribution in [0, 0.1) is 0 Å². The van der Waals surface area contributed by atoms with Gasteiger partial charge in [0.05, 0.1) is 12.0 Å². The fourth-order valence-electron chi connectivity index (χ4n) is 3.32. The molecule has 0 fully saturated rings. The molecule has 0 bridgehead atoms. The van der Waals surface area contributed by atoms with Crippen LogP contribution in [-0.2, 0) is 11.3 Å². The Balaban J connectivity index is 1.39. The SMILES string of the molecule is O=C(Cn1cnc2c(=O)[nH]c(=O)[nH]c21)Nc1nc(-c2cccc3ccccc23)cs1. The number of nitrogens with one attached hydrogen (secondary N) is 3. The summed E-state index contributed by atoms with van der Waals surface area (Å²) in [6.07, 6.45) is 1.33. The van der Waals surface area contributed by atoms with E-state index in [2.05, 4.69) is 25.3 Å². The van der Waals surface area contributed by atoms with E-state index in [1.54, 1.807) is 0 Å². The zero-order valence-corrected chi connectivity index (χ0v) is 16.2. The van der Waals surface area contributed by atoms with Crippen molar-refractivity contribution >= 4 is 44.3 Å². The average molecular weight is 418 g/mol. The number of rotatable bonds is 4. The summed E-state index contributed by atoms with van der Waals surface area (Å²) in [6.45, 7) is -0.126. The van der Waals surface area contributed by atoms with Crippen LogP contribution < -0.4 is 16.6 Å². The van der Waals surface area contributed by atoms with Gasteiger partial charge >= 0.3 is 5.69 Å². The molecule has 0 aliphatic carbocycles. The molecular weight excluding hydrogens is 404 g/mol. The Morgan fingerprint density at radius 1 is 1.10 bits per heavy atom. The molecule has 5 aromatic rings. The van der Waals surface area contributed by atoms with Gasteiger partial charge in [0.1, 0.15) is 12.2 Å². The molecule has 30 heavy (non-hydrogen) atoms. The first-order valence-corrected chi connectivity index (χ1v) is 9.87. The zero-order chi connectivity index (χ0) is 20.7. The van der Waals surface area contributed by atoms with E-state index in [4.69, 9.17) is 0 Å². The molecule has 0 saturated carbocycles. The van der Waals surface area contributed by atoms with E-state index in [0.29, 0.717) is 5.13 Å². The molecule has 0 atom stereocenters. The Labute approximate surface area is 172 Å². The first-order chi connectivity index (χ1) is 14.6. The third-order valence-corrected chi connectivity index (χ3v) is 5.40. The summed E-state index contributed by atoms with van der Waals surface area (Å²) in [6, 6.07) is 14.0. The van der Waals surface area contributed by atoms with Gasteiger partial charge in [-0.1, -0.05) is 42.5 Å². The van der Waals surface area contributed by atoms with Crippen LogP contribution in [0.5, 0.6) is 0 Å². The molecule has 9 nitrogen and oxygen atoms in total. The minimum atomic E-state index is -0.658. The van der Waals surface area contributed by atoms with Crippen molar-refractivity contribution in [3.05, 3.63) is 75.0 Å². The van der Waals surface area contributed by atoms with Gasteiger partial charge in [0.25, 0.3) is 5.56 Å². The highest BCUT2D eigenvalue weighted by Crippen LogP contribution is 2.30. The Hall–Kier alpha value is -4.05. The average Bonchev–Trinajstić information content (AvgIpc) is 3.35. The zero-order valence-electron chi connectivity index (χ0n) is 15.4. The molecule has 0 radical (unpaired) electrons. The van der Waals surface area contributed by atoms with Crippen molar-refractivity contribution in [2.24, 2.45) is 0 Å². The number of nitrogens with zero attached hydrogens (tertiary/aromatic N) is 3. The van der Waals surface area contributed by atoms with Crippen LogP contribution in [0.2, 0.25) is 0 Å². The number of anilines is 1. The molecule has 148 valence electrons. The predicted molar refractivity (Wildman–Crippen MR) is 115 cm³/mol. The third kappa shape index (κ3) is 3.18. The second-order valence-corrected chi connectivity index (χ2v) is 7.45. The van der Waals surface area contributed by atoms with E-state index < -0.39 is 11.2 Å². The van der Waals surface area contributed by atoms with Crippen LogP contribution in [-0.4, -0.2) is 30.4 Å². The lowest BCUT2D eigenvalue weighted by Crippen LogP contribution is -2.24. The Bertz CT molecular complexity index is 1520. The highest BCUT2D eigenvalue weighted by Gasteiger charge is 2.13. The lowest BCUT2D eigenvalue weighted by atomic mass is 10.0. The first kappa shape index (κ1) is 18.0. The van der Waals surface area contributed by atoms with Gasteiger partial charge in [-0.15, -0.1) is 11.3 Å². The lowest BCUT2D eigenvalue weighted by Gasteiger charge is -2.05. The third-order valence-electron chi connectivity index (χ3n) is 4.64. The van der Waals surface area contributed by atoms with Gasteiger partial charge in [0, 0.05) is 10.9 Å².